The number of likely N-dealkylation sites (tertiary alicyclic amines) is 1. The highest BCUT2D eigenvalue weighted by Crippen LogP contribution is 2.23. The van der Waals surface area contributed by atoms with E-state index in [-0.39, 0.29) is 18.5 Å². The van der Waals surface area contributed by atoms with Gasteiger partial charge in [0.2, 0.25) is 0 Å². The maximum atomic E-state index is 12.1. The zero-order valence-electron chi connectivity index (χ0n) is 10.3. The molecule has 2 N–H and O–H groups in total. The number of nitrogens with zero attached hydrogens (tertiary/aromatic N) is 1. The van der Waals surface area contributed by atoms with Crippen molar-refractivity contribution in [1.29, 1.82) is 0 Å². The van der Waals surface area contributed by atoms with E-state index in [0.717, 1.165) is 22.2 Å². The molecule has 5 nitrogen and oxygen atoms in total. The van der Waals surface area contributed by atoms with Crippen molar-refractivity contribution < 1.29 is 14.7 Å². The third-order valence-electron chi connectivity index (χ3n) is 3.14. The number of aliphatic carboxylic acids is 1. The van der Waals surface area contributed by atoms with Crippen molar-refractivity contribution in [1.82, 2.24) is 10.2 Å². The van der Waals surface area contributed by atoms with E-state index in [9.17, 15) is 9.59 Å². The maximum absolute atomic E-state index is 12.1. The highest BCUT2D eigenvalue weighted by atomic mass is 79.9. The fourth-order valence-corrected chi connectivity index (χ4v) is 3.66. The minimum atomic E-state index is -0.856. The summed E-state index contributed by atoms with van der Waals surface area (Å²) in [5, 5.41) is 13.6. The molecule has 19 heavy (non-hydrogen) atoms. The number of hydrogen-bond donors (Lipinski definition) is 2. The lowest BCUT2D eigenvalue weighted by atomic mass is 10.1. The van der Waals surface area contributed by atoms with Crippen LogP contribution >= 0.6 is 27.3 Å². The second-order valence-corrected chi connectivity index (χ2v) is 6.29. The first-order chi connectivity index (χ1) is 9.08. The van der Waals surface area contributed by atoms with Gasteiger partial charge in [0, 0.05) is 21.9 Å². The molecule has 0 spiro atoms. The van der Waals surface area contributed by atoms with Gasteiger partial charge < -0.3 is 15.3 Å². The molecule has 0 bridgehead atoms. The van der Waals surface area contributed by atoms with Crippen LogP contribution in [0.1, 0.15) is 24.1 Å². The van der Waals surface area contributed by atoms with E-state index in [1.165, 1.54) is 0 Å². The van der Waals surface area contributed by atoms with Gasteiger partial charge in [0.05, 0.1) is 13.0 Å². The molecule has 2 rings (SSSR count). The average molecular weight is 347 g/mol. The Morgan fingerprint density at radius 1 is 1.58 bits per heavy atom. The third-order valence-corrected chi connectivity index (χ3v) is 5.07. The summed E-state index contributed by atoms with van der Waals surface area (Å²) in [6.45, 7) is 1.10. The molecule has 1 aromatic heterocycles. The summed E-state index contributed by atoms with van der Waals surface area (Å²) in [6, 6.07) is 1.59. The summed E-state index contributed by atoms with van der Waals surface area (Å²) in [7, 11) is 0. The van der Waals surface area contributed by atoms with Crippen LogP contribution in [0.5, 0.6) is 0 Å². The number of urea groups is 1. The minimum Gasteiger partial charge on any atom is -0.481 e. The van der Waals surface area contributed by atoms with Gasteiger partial charge in [0.25, 0.3) is 0 Å². The van der Waals surface area contributed by atoms with E-state index >= 15 is 0 Å². The van der Waals surface area contributed by atoms with Gasteiger partial charge in [-0.25, -0.2) is 4.79 Å². The maximum Gasteiger partial charge on any atom is 0.317 e. The number of halogens is 1. The molecule has 0 radical (unpaired) electrons. The van der Waals surface area contributed by atoms with E-state index in [1.807, 2.05) is 11.4 Å². The van der Waals surface area contributed by atoms with Crippen LogP contribution in [0.4, 0.5) is 4.79 Å². The summed E-state index contributed by atoms with van der Waals surface area (Å²) in [5.41, 5.74) is 0. The molecule has 2 heterocycles. The number of carbonyl (C=O) groups is 2. The van der Waals surface area contributed by atoms with Crippen LogP contribution in [0.2, 0.25) is 0 Å². The molecule has 1 aromatic rings. The van der Waals surface area contributed by atoms with E-state index in [2.05, 4.69) is 21.2 Å². The van der Waals surface area contributed by atoms with Gasteiger partial charge in [-0.15, -0.1) is 11.3 Å². The van der Waals surface area contributed by atoms with Gasteiger partial charge in [-0.1, -0.05) is 0 Å². The lowest BCUT2D eigenvalue weighted by molar-refractivity contribution is -0.137. The first-order valence-corrected chi connectivity index (χ1v) is 7.73. The van der Waals surface area contributed by atoms with Crippen LogP contribution < -0.4 is 5.32 Å². The molecule has 1 unspecified atom stereocenters. The molecule has 0 saturated carbocycles. The predicted molar refractivity (Wildman–Crippen MR) is 76.2 cm³/mol. The van der Waals surface area contributed by atoms with Crippen LogP contribution in [-0.2, 0) is 11.3 Å². The van der Waals surface area contributed by atoms with Crippen molar-refractivity contribution in [2.45, 2.75) is 31.8 Å². The lowest BCUT2D eigenvalue weighted by Crippen LogP contribution is -2.43. The third kappa shape index (κ3) is 3.70. The van der Waals surface area contributed by atoms with Crippen LogP contribution in [0.15, 0.2) is 15.9 Å². The standard InChI is InChI=1S/C12H15BrN2O3S/c13-9-3-5-19-10(9)7-14-12(18)15-4-1-2-8(15)6-11(16)17/h3,5,8H,1-2,4,6-7H2,(H,14,18)(H,16,17). The number of amides is 2. The van der Waals surface area contributed by atoms with Crippen molar-refractivity contribution in [3.63, 3.8) is 0 Å². The molecule has 1 saturated heterocycles. The SMILES string of the molecule is O=C(O)CC1CCCN1C(=O)NCc1sccc1Br. The van der Waals surface area contributed by atoms with Gasteiger partial charge in [-0.2, -0.15) is 0 Å². The Morgan fingerprint density at radius 2 is 2.37 bits per heavy atom. The quantitative estimate of drug-likeness (QED) is 0.880. The second kappa shape index (κ2) is 6.38. The fourth-order valence-electron chi connectivity index (χ4n) is 2.23. The largest absolute Gasteiger partial charge is 0.481 e. The van der Waals surface area contributed by atoms with Gasteiger partial charge in [-0.05, 0) is 40.2 Å². The molecular formula is C12H15BrN2O3S. The Balaban J connectivity index is 1.88. The summed E-state index contributed by atoms with van der Waals surface area (Å²) in [4.78, 5) is 25.5. The number of hydrogen-bond acceptors (Lipinski definition) is 3. The van der Waals surface area contributed by atoms with Crippen molar-refractivity contribution >= 4 is 39.3 Å². The van der Waals surface area contributed by atoms with Gasteiger partial charge >= 0.3 is 12.0 Å². The lowest BCUT2D eigenvalue weighted by Gasteiger charge is -2.23. The number of carbonyl (C=O) groups excluding carboxylic acids is 1. The number of rotatable bonds is 4. The zero-order valence-corrected chi connectivity index (χ0v) is 12.7. The van der Waals surface area contributed by atoms with Crippen LogP contribution in [0, 0.1) is 0 Å². The first kappa shape index (κ1) is 14.3. The van der Waals surface area contributed by atoms with Crippen molar-refractivity contribution in [3.05, 3.63) is 20.8 Å². The van der Waals surface area contributed by atoms with Crippen molar-refractivity contribution in [3.8, 4) is 0 Å². The second-order valence-electron chi connectivity index (χ2n) is 4.44. The Morgan fingerprint density at radius 3 is 3.00 bits per heavy atom. The average Bonchev–Trinajstić information content (AvgIpc) is 2.95. The Labute approximate surface area is 123 Å². The van der Waals surface area contributed by atoms with E-state index in [4.69, 9.17) is 5.11 Å². The van der Waals surface area contributed by atoms with E-state index in [1.54, 1.807) is 16.2 Å². The number of thiophene rings is 1. The van der Waals surface area contributed by atoms with Crippen LogP contribution in [0.25, 0.3) is 0 Å². The molecule has 1 aliphatic heterocycles. The molecule has 104 valence electrons. The Bertz CT molecular complexity index is 477. The molecule has 1 atom stereocenters. The molecule has 2 amide bonds. The molecule has 0 aliphatic carbocycles. The normalized spacial score (nSPS) is 18.6. The number of nitrogens with one attached hydrogen (secondary N) is 1. The van der Waals surface area contributed by atoms with Gasteiger partial charge in [-0.3, -0.25) is 4.79 Å². The monoisotopic (exact) mass is 346 g/mol. The van der Waals surface area contributed by atoms with E-state index < -0.39 is 5.97 Å². The smallest absolute Gasteiger partial charge is 0.317 e. The predicted octanol–water partition coefficient (Wildman–Crippen LogP) is 2.66. The number of carboxylic acids is 1. The number of carboxylic acid groups (broad SMARTS) is 1. The van der Waals surface area contributed by atoms with Crippen molar-refractivity contribution in [2.75, 3.05) is 6.54 Å². The van der Waals surface area contributed by atoms with Gasteiger partial charge in [0.15, 0.2) is 0 Å². The first-order valence-electron chi connectivity index (χ1n) is 6.06. The summed E-state index contributed by atoms with van der Waals surface area (Å²) >= 11 is 4.98. The van der Waals surface area contributed by atoms with Gasteiger partial charge in [0.1, 0.15) is 0 Å². The summed E-state index contributed by atoms with van der Waals surface area (Å²) in [5.74, 6) is -0.856. The summed E-state index contributed by atoms with van der Waals surface area (Å²) in [6.07, 6.45) is 1.66. The minimum absolute atomic E-state index is 0.0239. The summed E-state index contributed by atoms with van der Waals surface area (Å²) < 4.78 is 0.987. The van der Waals surface area contributed by atoms with Crippen molar-refractivity contribution in [2.24, 2.45) is 0 Å². The zero-order chi connectivity index (χ0) is 13.8. The highest BCUT2D eigenvalue weighted by Gasteiger charge is 2.30. The molecule has 1 fully saturated rings. The molecule has 1 aliphatic rings. The highest BCUT2D eigenvalue weighted by molar-refractivity contribution is 9.10. The topological polar surface area (TPSA) is 69.6 Å². The Kier molecular flexibility index (Phi) is 4.81. The molecule has 7 heteroatoms. The fraction of sp³-hybridized carbons (Fsp3) is 0.500. The van der Waals surface area contributed by atoms with Crippen LogP contribution in [-0.4, -0.2) is 34.6 Å². The van der Waals surface area contributed by atoms with Crippen LogP contribution in [0.3, 0.4) is 0 Å². The Hall–Kier alpha value is -1.08. The molecule has 0 aromatic carbocycles. The van der Waals surface area contributed by atoms with E-state index in [0.29, 0.717) is 13.1 Å². The molecular weight excluding hydrogens is 332 g/mol.